The molecule has 0 spiro atoms. The highest BCUT2D eigenvalue weighted by atomic mass is 79.9. The van der Waals surface area contributed by atoms with E-state index < -0.39 is 0 Å². The summed E-state index contributed by atoms with van der Waals surface area (Å²) in [5.74, 6) is 0. The fourth-order valence-corrected chi connectivity index (χ4v) is 4.14. The van der Waals surface area contributed by atoms with Crippen molar-refractivity contribution in [1.29, 1.82) is 0 Å². The van der Waals surface area contributed by atoms with E-state index in [1.807, 2.05) is 23.5 Å². The van der Waals surface area contributed by atoms with E-state index in [9.17, 15) is 0 Å². The lowest BCUT2D eigenvalue weighted by Crippen LogP contribution is -1.89. The molecule has 0 bridgehead atoms. The van der Waals surface area contributed by atoms with Crippen molar-refractivity contribution in [2.45, 2.75) is 24.6 Å². The molecule has 0 saturated heterocycles. The first-order chi connectivity index (χ1) is 8.24. The quantitative estimate of drug-likeness (QED) is 0.654. The van der Waals surface area contributed by atoms with Gasteiger partial charge in [-0.2, -0.15) is 0 Å². The molecule has 0 N–H and O–H groups in total. The van der Waals surface area contributed by atoms with Crippen LogP contribution in [0.4, 0.5) is 0 Å². The monoisotopic (exact) mass is 326 g/mol. The molecule has 0 fully saturated rings. The number of benzene rings is 1. The maximum absolute atomic E-state index is 6.55. The van der Waals surface area contributed by atoms with Crippen LogP contribution in [0, 0.1) is 0 Å². The normalized spacial score (nSPS) is 15.9. The van der Waals surface area contributed by atoms with E-state index in [2.05, 4.69) is 34.1 Å². The van der Waals surface area contributed by atoms with Gasteiger partial charge in [0, 0.05) is 14.2 Å². The molecule has 0 amide bonds. The number of alkyl halides is 1. The van der Waals surface area contributed by atoms with Gasteiger partial charge in [-0.05, 0) is 48.6 Å². The fraction of sp³-hybridized carbons (Fsp3) is 0.286. The van der Waals surface area contributed by atoms with E-state index >= 15 is 0 Å². The summed E-state index contributed by atoms with van der Waals surface area (Å²) < 4.78 is 1.10. The molecule has 0 nitrogen and oxygen atoms in total. The number of fused-ring (bicyclic) bond motifs is 1. The van der Waals surface area contributed by atoms with Crippen LogP contribution >= 0.6 is 38.9 Å². The van der Waals surface area contributed by atoms with E-state index in [4.69, 9.17) is 11.6 Å². The topological polar surface area (TPSA) is 0 Å². The molecule has 0 saturated carbocycles. The zero-order chi connectivity index (χ0) is 11.8. The van der Waals surface area contributed by atoms with Crippen molar-refractivity contribution in [3.8, 4) is 0 Å². The summed E-state index contributed by atoms with van der Waals surface area (Å²) in [5.41, 5.74) is 2.70. The second kappa shape index (κ2) is 4.75. The SMILES string of the molecule is ClC(c1ccc(Br)cc1)c1cc2c(s1)CCC2. The minimum Gasteiger partial charge on any atom is -0.143 e. The Labute approximate surface area is 119 Å². The number of halogens is 2. The van der Waals surface area contributed by atoms with Gasteiger partial charge in [-0.1, -0.05) is 28.1 Å². The van der Waals surface area contributed by atoms with Gasteiger partial charge in [0.25, 0.3) is 0 Å². The molecule has 1 heterocycles. The van der Waals surface area contributed by atoms with Crippen LogP contribution in [0.25, 0.3) is 0 Å². The lowest BCUT2D eigenvalue weighted by Gasteiger charge is -2.07. The van der Waals surface area contributed by atoms with Crippen molar-refractivity contribution in [3.63, 3.8) is 0 Å². The van der Waals surface area contributed by atoms with Crippen molar-refractivity contribution < 1.29 is 0 Å². The molecule has 88 valence electrons. The summed E-state index contributed by atoms with van der Waals surface area (Å²) in [7, 11) is 0. The van der Waals surface area contributed by atoms with E-state index in [-0.39, 0.29) is 5.38 Å². The third-order valence-corrected chi connectivity index (χ3v) is 5.63. The van der Waals surface area contributed by atoms with Gasteiger partial charge >= 0.3 is 0 Å². The van der Waals surface area contributed by atoms with Gasteiger partial charge in [-0.3, -0.25) is 0 Å². The van der Waals surface area contributed by atoms with Crippen LogP contribution in [0.3, 0.4) is 0 Å². The van der Waals surface area contributed by atoms with Gasteiger partial charge in [0.1, 0.15) is 0 Å². The first kappa shape index (κ1) is 11.8. The summed E-state index contributed by atoms with van der Waals surface area (Å²) in [6.07, 6.45) is 3.78. The van der Waals surface area contributed by atoms with Crippen molar-refractivity contribution >= 4 is 38.9 Å². The van der Waals surface area contributed by atoms with Crippen molar-refractivity contribution in [2.75, 3.05) is 0 Å². The molecular formula is C14H12BrClS. The molecule has 0 aliphatic heterocycles. The predicted octanol–water partition coefficient (Wildman–Crippen LogP) is 5.33. The number of rotatable bonds is 2. The summed E-state index contributed by atoms with van der Waals surface area (Å²) in [6, 6.07) is 10.6. The second-order valence-electron chi connectivity index (χ2n) is 4.36. The van der Waals surface area contributed by atoms with E-state index in [1.165, 1.54) is 35.3 Å². The van der Waals surface area contributed by atoms with Gasteiger partial charge in [0.05, 0.1) is 5.38 Å². The Kier molecular flexibility index (Phi) is 3.29. The van der Waals surface area contributed by atoms with E-state index in [0.29, 0.717) is 0 Å². The maximum Gasteiger partial charge on any atom is 0.0927 e. The summed E-state index contributed by atoms with van der Waals surface area (Å²) in [5, 5.41) is -0.00120. The first-order valence-corrected chi connectivity index (χ1v) is 7.79. The highest BCUT2D eigenvalue weighted by Gasteiger charge is 2.19. The van der Waals surface area contributed by atoms with Crippen LogP contribution in [-0.2, 0) is 12.8 Å². The average molecular weight is 328 g/mol. The Balaban J connectivity index is 1.90. The fourth-order valence-electron chi connectivity index (χ4n) is 2.27. The summed E-state index contributed by atoms with van der Waals surface area (Å²) in [6.45, 7) is 0. The number of aryl methyl sites for hydroxylation is 2. The molecule has 1 unspecified atom stereocenters. The summed E-state index contributed by atoms with van der Waals surface area (Å²) in [4.78, 5) is 2.83. The third kappa shape index (κ3) is 2.31. The van der Waals surface area contributed by atoms with Gasteiger partial charge in [-0.25, -0.2) is 0 Å². The molecule has 1 aliphatic carbocycles. The lowest BCUT2D eigenvalue weighted by molar-refractivity contribution is 0.913. The van der Waals surface area contributed by atoms with Gasteiger partial charge < -0.3 is 0 Å². The molecule has 3 rings (SSSR count). The van der Waals surface area contributed by atoms with Crippen LogP contribution < -0.4 is 0 Å². The Hall–Kier alpha value is -0.310. The highest BCUT2D eigenvalue weighted by Crippen LogP contribution is 2.39. The minimum absolute atomic E-state index is 0.00120. The Morgan fingerprint density at radius 2 is 1.94 bits per heavy atom. The molecule has 17 heavy (non-hydrogen) atoms. The number of hydrogen-bond donors (Lipinski definition) is 0. The first-order valence-electron chi connectivity index (χ1n) is 5.75. The molecule has 1 aliphatic rings. The van der Waals surface area contributed by atoms with Gasteiger partial charge in [-0.15, -0.1) is 22.9 Å². The number of hydrogen-bond acceptors (Lipinski definition) is 1. The van der Waals surface area contributed by atoms with Crippen LogP contribution in [0.1, 0.15) is 32.7 Å². The zero-order valence-electron chi connectivity index (χ0n) is 9.25. The minimum atomic E-state index is -0.00120. The summed E-state index contributed by atoms with van der Waals surface area (Å²) >= 11 is 11.9. The molecule has 1 aromatic heterocycles. The molecule has 2 aromatic rings. The molecule has 1 atom stereocenters. The van der Waals surface area contributed by atoms with Gasteiger partial charge in [0.2, 0.25) is 0 Å². The standard InChI is InChI=1S/C14H12BrClS/c15-11-6-4-9(5-7-11)14(16)13-8-10-2-1-3-12(10)17-13/h4-8,14H,1-3H2. The van der Waals surface area contributed by atoms with Crippen LogP contribution in [-0.4, -0.2) is 0 Å². The Morgan fingerprint density at radius 1 is 1.18 bits per heavy atom. The van der Waals surface area contributed by atoms with Crippen molar-refractivity contribution in [1.82, 2.24) is 0 Å². The molecule has 3 heteroatoms. The van der Waals surface area contributed by atoms with Gasteiger partial charge in [0.15, 0.2) is 0 Å². The van der Waals surface area contributed by atoms with Crippen LogP contribution in [0.2, 0.25) is 0 Å². The van der Waals surface area contributed by atoms with E-state index in [1.54, 1.807) is 4.88 Å². The predicted molar refractivity (Wildman–Crippen MR) is 78.2 cm³/mol. The van der Waals surface area contributed by atoms with Crippen molar-refractivity contribution in [2.24, 2.45) is 0 Å². The highest BCUT2D eigenvalue weighted by molar-refractivity contribution is 9.10. The average Bonchev–Trinajstić information content (AvgIpc) is 2.89. The lowest BCUT2D eigenvalue weighted by atomic mass is 10.1. The molecular weight excluding hydrogens is 316 g/mol. The van der Waals surface area contributed by atoms with Crippen molar-refractivity contribution in [3.05, 3.63) is 55.7 Å². The number of thiophene rings is 1. The third-order valence-electron chi connectivity index (χ3n) is 3.18. The van der Waals surface area contributed by atoms with E-state index in [0.717, 1.165) is 4.47 Å². The molecule has 1 aromatic carbocycles. The van der Waals surface area contributed by atoms with Crippen LogP contribution in [0.5, 0.6) is 0 Å². The second-order valence-corrected chi connectivity index (χ2v) is 6.89. The Morgan fingerprint density at radius 3 is 2.65 bits per heavy atom. The largest absolute Gasteiger partial charge is 0.143 e. The Bertz CT molecular complexity index is 508. The smallest absolute Gasteiger partial charge is 0.0927 e. The zero-order valence-corrected chi connectivity index (χ0v) is 12.4. The van der Waals surface area contributed by atoms with Crippen LogP contribution in [0.15, 0.2) is 34.8 Å². The maximum atomic E-state index is 6.55. The molecule has 0 radical (unpaired) electrons.